The van der Waals surface area contributed by atoms with Gasteiger partial charge in [0.15, 0.2) is 11.5 Å². The van der Waals surface area contributed by atoms with E-state index in [1.54, 1.807) is 0 Å². The Labute approximate surface area is 86.8 Å². The molecule has 0 saturated heterocycles. The lowest BCUT2D eigenvalue weighted by Gasteiger charge is -2.20. The lowest BCUT2D eigenvalue weighted by atomic mass is 9.97. The van der Waals surface area contributed by atoms with E-state index in [4.69, 9.17) is 9.47 Å². The van der Waals surface area contributed by atoms with Gasteiger partial charge < -0.3 is 9.47 Å². The van der Waals surface area contributed by atoms with Crippen LogP contribution >= 0.6 is 0 Å². The number of ether oxygens (including phenoxy) is 2. The van der Waals surface area contributed by atoms with Crippen molar-refractivity contribution in [2.45, 2.75) is 19.8 Å². The highest BCUT2D eigenvalue weighted by Crippen LogP contribution is 2.41. The van der Waals surface area contributed by atoms with Crippen LogP contribution in [-0.4, -0.2) is 6.79 Å². The fraction of sp³-hybridized carbons (Fsp3) is 0.455. The third-order valence-corrected chi connectivity index (χ3v) is 2.48. The molecule has 0 N–H and O–H groups in total. The van der Waals surface area contributed by atoms with Crippen molar-refractivity contribution in [1.29, 1.82) is 0 Å². The molecule has 0 atom stereocenters. The van der Waals surface area contributed by atoms with Crippen molar-refractivity contribution in [2.24, 2.45) is 5.92 Å². The molecule has 0 radical (unpaired) electrons. The Kier molecular flexibility index (Phi) is 2.29. The third-order valence-electron chi connectivity index (χ3n) is 2.48. The first-order valence-electron chi connectivity index (χ1n) is 4.79. The molecule has 1 heterocycles. The summed E-state index contributed by atoms with van der Waals surface area (Å²) in [5, 5.41) is 0. The van der Waals surface area contributed by atoms with Gasteiger partial charge in [-0.25, -0.2) is 8.78 Å². The van der Waals surface area contributed by atoms with Crippen molar-refractivity contribution in [3.8, 4) is 11.5 Å². The molecular formula is C11H12F2O2. The molecule has 1 aromatic rings. The highest BCUT2D eigenvalue weighted by atomic mass is 19.3. The molecule has 0 fully saturated rings. The van der Waals surface area contributed by atoms with Gasteiger partial charge in [0.25, 0.3) is 5.92 Å². The molecule has 1 aromatic carbocycles. The molecule has 82 valence electrons. The van der Waals surface area contributed by atoms with Crippen LogP contribution < -0.4 is 9.47 Å². The predicted molar refractivity (Wildman–Crippen MR) is 51.3 cm³/mol. The zero-order chi connectivity index (χ0) is 11.1. The van der Waals surface area contributed by atoms with E-state index in [0.29, 0.717) is 11.5 Å². The molecule has 15 heavy (non-hydrogen) atoms. The Hall–Kier alpha value is -1.32. The van der Waals surface area contributed by atoms with E-state index in [9.17, 15) is 8.78 Å². The van der Waals surface area contributed by atoms with Gasteiger partial charge in [0.1, 0.15) is 0 Å². The Bertz CT molecular complexity index is 375. The summed E-state index contributed by atoms with van der Waals surface area (Å²) in [6.07, 6.45) is 0. The normalized spacial score (nSPS) is 14.7. The lowest BCUT2D eigenvalue weighted by Crippen LogP contribution is -2.20. The minimum absolute atomic E-state index is 0.0262. The van der Waals surface area contributed by atoms with Crippen LogP contribution in [0.5, 0.6) is 11.5 Å². The fourth-order valence-corrected chi connectivity index (χ4v) is 1.44. The van der Waals surface area contributed by atoms with E-state index in [1.807, 2.05) is 0 Å². The average Bonchev–Trinajstić information content (AvgIpc) is 2.63. The first kappa shape index (κ1) is 10.2. The van der Waals surface area contributed by atoms with Crippen molar-refractivity contribution in [1.82, 2.24) is 0 Å². The Morgan fingerprint density at radius 1 is 1.20 bits per heavy atom. The second kappa shape index (κ2) is 3.36. The molecule has 0 aliphatic carbocycles. The molecule has 0 unspecified atom stereocenters. The summed E-state index contributed by atoms with van der Waals surface area (Å²) in [7, 11) is 0. The van der Waals surface area contributed by atoms with Crippen LogP contribution in [0.2, 0.25) is 0 Å². The second-order valence-corrected chi connectivity index (χ2v) is 3.85. The smallest absolute Gasteiger partial charge is 0.275 e. The van der Waals surface area contributed by atoms with Crippen LogP contribution in [0.25, 0.3) is 0 Å². The molecule has 1 aliphatic rings. The molecule has 1 aliphatic heterocycles. The Morgan fingerprint density at radius 2 is 1.87 bits per heavy atom. The van der Waals surface area contributed by atoms with E-state index in [2.05, 4.69) is 0 Å². The van der Waals surface area contributed by atoms with Gasteiger partial charge in [-0.15, -0.1) is 0 Å². The number of rotatable bonds is 2. The largest absolute Gasteiger partial charge is 0.454 e. The summed E-state index contributed by atoms with van der Waals surface area (Å²) in [6, 6.07) is 4.25. The average molecular weight is 214 g/mol. The van der Waals surface area contributed by atoms with Crippen molar-refractivity contribution in [3.63, 3.8) is 0 Å². The first-order valence-corrected chi connectivity index (χ1v) is 4.79. The molecule has 4 heteroatoms. The molecule has 2 nitrogen and oxygen atoms in total. The van der Waals surface area contributed by atoms with Crippen LogP contribution in [0.3, 0.4) is 0 Å². The standard InChI is InChI=1S/C11H12F2O2/c1-7(2)11(12,13)8-3-4-9-10(5-8)15-6-14-9/h3-5,7H,6H2,1-2H3. The quantitative estimate of drug-likeness (QED) is 0.752. The topological polar surface area (TPSA) is 18.5 Å². The summed E-state index contributed by atoms with van der Waals surface area (Å²) < 4.78 is 37.4. The SMILES string of the molecule is CC(C)C(F)(F)c1ccc2c(c1)OCO2. The minimum atomic E-state index is -2.83. The summed E-state index contributed by atoms with van der Waals surface area (Å²) in [4.78, 5) is 0. The van der Waals surface area contributed by atoms with E-state index >= 15 is 0 Å². The van der Waals surface area contributed by atoms with Crippen molar-refractivity contribution < 1.29 is 18.3 Å². The molecular weight excluding hydrogens is 202 g/mol. The van der Waals surface area contributed by atoms with E-state index in [0.717, 1.165) is 0 Å². The van der Waals surface area contributed by atoms with Gasteiger partial charge in [-0.3, -0.25) is 0 Å². The molecule has 2 rings (SSSR count). The first-order chi connectivity index (χ1) is 7.01. The molecule has 0 bridgehead atoms. The van der Waals surface area contributed by atoms with Crippen LogP contribution in [0.1, 0.15) is 19.4 Å². The zero-order valence-corrected chi connectivity index (χ0v) is 8.59. The summed E-state index contributed by atoms with van der Waals surface area (Å²) >= 11 is 0. The second-order valence-electron chi connectivity index (χ2n) is 3.85. The predicted octanol–water partition coefficient (Wildman–Crippen LogP) is 3.16. The molecule has 0 saturated carbocycles. The Morgan fingerprint density at radius 3 is 2.53 bits per heavy atom. The van der Waals surface area contributed by atoms with Gasteiger partial charge in [0.05, 0.1) is 0 Å². The lowest BCUT2D eigenvalue weighted by molar-refractivity contribution is -0.0515. The summed E-state index contributed by atoms with van der Waals surface area (Å²) in [5.74, 6) is -2.65. The maximum Gasteiger partial charge on any atom is 0.275 e. The number of hydrogen-bond acceptors (Lipinski definition) is 2. The summed E-state index contributed by atoms with van der Waals surface area (Å²) in [5.41, 5.74) is -0.0262. The highest BCUT2D eigenvalue weighted by Gasteiger charge is 2.36. The van der Waals surface area contributed by atoms with Crippen LogP contribution in [0, 0.1) is 5.92 Å². The molecule has 0 amide bonds. The van der Waals surface area contributed by atoms with E-state index in [-0.39, 0.29) is 12.4 Å². The zero-order valence-electron chi connectivity index (χ0n) is 8.59. The number of alkyl halides is 2. The maximum atomic E-state index is 13.7. The fourth-order valence-electron chi connectivity index (χ4n) is 1.44. The minimum Gasteiger partial charge on any atom is -0.454 e. The van der Waals surface area contributed by atoms with Gasteiger partial charge in [-0.1, -0.05) is 13.8 Å². The molecule has 0 aromatic heterocycles. The van der Waals surface area contributed by atoms with E-state index in [1.165, 1.54) is 32.0 Å². The number of hydrogen-bond donors (Lipinski definition) is 0. The van der Waals surface area contributed by atoms with Crippen molar-refractivity contribution >= 4 is 0 Å². The summed E-state index contributed by atoms with van der Waals surface area (Å²) in [6.45, 7) is 3.08. The van der Waals surface area contributed by atoms with Gasteiger partial charge >= 0.3 is 0 Å². The van der Waals surface area contributed by atoms with Crippen molar-refractivity contribution in [2.75, 3.05) is 6.79 Å². The van der Waals surface area contributed by atoms with Gasteiger partial charge in [-0.2, -0.15) is 0 Å². The molecule has 0 spiro atoms. The van der Waals surface area contributed by atoms with E-state index < -0.39 is 11.8 Å². The highest BCUT2D eigenvalue weighted by molar-refractivity contribution is 5.45. The van der Waals surface area contributed by atoms with Crippen LogP contribution in [0.4, 0.5) is 8.78 Å². The van der Waals surface area contributed by atoms with Gasteiger partial charge in [0, 0.05) is 11.5 Å². The van der Waals surface area contributed by atoms with Gasteiger partial charge in [-0.05, 0) is 18.2 Å². The van der Waals surface area contributed by atoms with Gasteiger partial charge in [0.2, 0.25) is 6.79 Å². The number of fused-ring (bicyclic) bond motifs is 1. The maximum absolute atomic E-state index is 13.7. The van der Waals surface area contributed by atoms with Crippen LogP contribution in [-0.2, 0) is 5.92 Å². The Balaban J connectivity index is 2.38. The monoisotopic (exact) mass is 214 g/mol. The van der Waals surface area contributed by atoms with Crippen LogP contribution in [0.15, 0.2) is 18.2 Å². The van der Waals surface area contributed by atoms with Crippen molar-refractivity contribution in [3.05, 3.63) is 23.8 Å². The number of halogens is 2. The number of benzene rings is 1. The third kappa shape index (κ3) is 1.64.